The Morgan fingerprint density at radius 1 is 1.06 bits per heavy atom. The lowest BCUT2D eigenvalue weighted by Gasteiger charge is -2.24. The Morgan fingerprint density at radius 3 is 2.50 bits per heavy atom. The summed E-state index contributed by atoms with van der Waals surface area (Å²) in [5.41, 5.74) is 1.28. The molecular weight excluding hydrogens is 459 g/mol. The van der Waals surface area contributed by atoms with E-state index in [2.05, 4.69) is 5.32 Å². The first kappa shape index (κ1) is 23.6. The van der Waals surface area contributed by atoms with Crippen LogP contribution in [-0.4, -0.2) is 33.0 Å². The molecule has 3 aromatic carbocycles. The van der Waals surface area contributed by atoms with E-state index in [4.69, 9.17) is 8.92 Å². The highest BCUT2D eigenvalue weighted by atomic mass is 32.2. The molecule has 178 valence electrons. The lowest BCUT2D eigenvalue weighted by Crippen LogP contribution is -2.36. The monoisotopic (exact) mass is 484 g/mol. The number of ether oxygens (including phenoxy) is 1. The van der Waals surface area contributed by atoms with E-state index in [1.54, 1.807) is 42.3 Å². The van der Waals surface area contributed by atoms with Gasteiger partial charge < -0.3 is 19.1 Å². The van der Waals surface area contributed by atoms with Crippen LogP contribution in [0.1, 0.15) is 18.4 Å². The summed E-state index contributed by atoms with van der Waals surface area (Å²) in [5.74, 6) is 0.576. The molecule has 0 heterocycles. The third-order valence-electron chi connectivity index (χ3n) is 5.39. The van der Waals surface area contributed by atoms with Gasteiger partial charge in [-0.15, -0.1) is 0 Å². The summed E-state index contributed by atoms with van der Waals surface area (Å²) in [5, 5.41) is 2.90. The average Bonchev–Trinajstić information content (AvgIpc) is 3.63. The molecule has 7 nitrogen and oxygen atoms in total. The van der Waals surface area contributed by atoms with Gasteiger partial charge in [0.25, 0.3) is 0 Å². The predicted octanol–water partition coefficient (Wildman–Crippen LogP) is 5.05. The maximum absolute atomic E-state index is 13.1. The smallest absolute Gasteiger partial charge is 0.339 e. The Balaban J connectivity index is 1.49. The van der Waals surface area contributed by atoms with Crippen LogP contribution in [0.3, 0.4) is 0 Å². The van der Waals surface area contributed by atoms with Gasteiger partial charge >= 0.3 is 16.1 Å². The Labute approximate surface area is 198 Å². The van der Waals surface area contributed by atoms with E-state index >= 15 is 0 Å². The number of hydrogen-bond acceptors (Lipinski definition) is 5. The van der Waals surface area contributed by atoms with Gasteiger partial charge in [0.2, 0.25) is 0 Å². The third kappa shape index (κ3) is 6.05. The molecule has 1 aliphatic carbocycles. The number of amides is 2. The number of urea groups is 1. The molecular formula is C25H25FN2O5S. The lowest BCUT2D eigenvalue weighted by molar-refractivity contribution is 0.206. The molecule has 0 atom stereocenters. The van der Waals surface area contributed by atoms with Crippen molar-refractivity contribution in [2.75, 3.05) is 19.0 Å². The SMILES string of the molecule is COc1ccccc1NC(=O)N(Cc1cccc(OS(=O)(=O)c2ccc(F)cc2)c1)CC1CC1. The van der Waals surface area contributed by atoms with Gasteiger partial charge in [-0.1, -0.05) is 24.3 Å². The molecule has 0 aliphatic heterocycles. The fourth-order valence-electron chi connectivity index (χ4n) is 3.47. The summed E-state index contributed by atoms with van der Waals surface area (Å²) in [6, 6.07) is 17.9. The van der Waals surface area contributed by atoms with Gasteiger partial charge in [0, 0.05) is 13.1 Å². The van der Waals surface area contributed by atoms with Crippen LogP contribution in [-0.2, 0) is 16.7 Å². The Morgan fingerprint density at radius 2 is 1.79 bits per heavy atom. The normalized spacial score (nSPS) is 13.2. The van der Waals surface area contributed by atoms with Crippen molar-refractivity contribution in [3.8, 4) is 11.5 Å². The second-order valence-corrected chi connectivity index (χ2v) is 9.64. The van der Waals surface area contributed by atoms with Crippen LogP contribution < -0.4 is 14.2 Å². The number of nitrogens with one attached hydrogen (secondary N) is 1. The molecule has 0 aromatic heterocycles. The summed E-state index contributed by atoms with van der Waals surface area (Å²) in [4.78, 5) is 14.6. The van der Waals surface area contributed by atoms with Gasteiger partial charge in [0.05, 0.1) is 12.8 Å². The molecule has 2 amide bonds. The largest absolute Gasteiger partial charge is 0.495 e. The molecule has 1 N–H and O–H groups in total. The number of hydrogen-bond donors (Lipinski definition) is 1. The van der Waals surface area contributed by atoms with Gasteiger partial charge in [-0.3, -0.25) is 0 Å². The second kappa shape index (κ2) is 10.1. The van der Waals surface area contributed by atoms with E-state index < -0.39 is 15.9 Å². The van der Waals surface area contributed by atoms with Gasteiger partial charge in [-0.25, -0.2) is 9.18 Å². The fourth-order valence-corrected chi connectivity index (χ4v) is 4.39. The molecule has 0 unspecified atom stereocenters. The van der Waals surface area contributed by atoms with Crippen LogP contribution in [0.5, 0.6) is 11.5 Å². The zero-order valence-electron chi connectivity index (χ0n) is 18.6. The molecule has 1 saturated carbocycles. The zero-order valence-corrected chi connectivity index (χ0v) is 19.4. The number of para-hydroxylation sites is 2. The fraction of sp³-hybridized carbons (Fsp3) is 0.240. The van der Waals surface area contributed by atoms with E-state index in [1.807, 2.05) is 12.1 Å². The second-order valence-electron chi connectivity index (χ2n) is 8.09. The molecule has 34 heavy (non-hydrogen) atoms. The molecule has 4 rings (SSSR count). The first-order valence-corrected chi connectivity index (χ1v) is 12.2. The van der Waals surface area contributed by atoms with Crippen molar-refractivity contribution >= 4 is 21.8 Å². The number of anilines is 1. The van der Waals surface area contributed by atoms with Crippen LogP contribution in [0.4, 0.5) is 14.9 Å². The maximum Gasteiger partial charge on any atom is 0.339 e. The van der Waals surface area contributed by atoms with Crippen LogP contribution in [0.15, 0.2) is 77.7 Å². The minimum Gasteiger partial charge on any atom is -0.495 e. The number of rotatable bonds is 9. The van der Waals surface area contributed by atoms with Crippen molar-refractivity contribution < 1.29 is 26.5 Å². The topological polar surface area (TPSA) is 84.9 Å². The number of benzene rings is 3. The van der Waals surface area contributed by atoms with Gasteiger partial charge in [0.15, 0.2) is 0 Å². The number of methoxy groups -OCH3 is 1. The quantitative estimate of drug-likeness (QED) is 0.430. The van der Waals surface area contributed by atoms with Crippen LogP contribution in [0.25, 0.3) is 0 Å². The predicted molar refractivity (Wildman–Crippen MR) is 126 cm³/mol. The van der Waals surface area contributed by atoms with Gasteiger partial charge in [0.1, 0.15) is 22.2 Å². The van der Waals surface area contributed by atoms with Crippen molar-refractivity contribution in [2.24, 2.45) is 5.92 Å². The van der Waals surface area contributed by atoms with Crippen molar-refractivity contribution in [1.82, 2.24) is 4.90 Å². The standard InChI is InChI=1S/C25H25FN2O5S/c1-32-24-8-3-2-7-23(24)27-25(29)28(16-18-9-10-18)17-19-5-4-6-21(15-19)33-34(30,31)22-13-11-20(26)12-14-22/h2-8,11-15,18H,9-10,16-17H2,1H3,(H,27,29). The first-order valence-electron chi connectivity index (χ1n) is 10.8. The van der Waals surface area contributed by atoms with Crippen molar-refractivity contribution in [2.45, 2.75) is 24.3 Å². The third-order valence-corrected chi connectivity index (χ3v) is 6.65. The lowest BCUT2D eigenvalue weighted by atomic mass is 10.2. The van der Waals surface area contributed by atoms with Gasteiger partial charge in [-0.05, 0) is 72.9 Å². The van der Waals surface area contributed by atoms with Crippen molar-refractivity contribution in [3.63, 3.8) is 0 Å². The van der Waals surface area contributed by atoms with Crippen LogP contribution >= 0.6 is 0 Å². The number of nitrogens with zero attached hydrogens (tertiary/aromatic N) is 1. The Hall–Kier alpha value is -3.59. The molecule has 0 saturated heterocycles. The molecule has 1 aliphatic rings. The summed E-state index contributed by atoms with van der Waals surface area (Å²) in [6.07, 6.45) is 2.13. The minimum absolute atomic E-state index is 0.110. The van der Waals surface area contributed by atoms with E-state index in [0.29, 0.717) is 29.5 Å². The Kier molecular flexibility index (Phi) is 7.02. The number of carbonyl (C=O) groups excluding carboxylic acids is 1. The van der Waals surface area contributed by atoms with Crippen LogP contribution in [0.2, 0.25) is 0 Å². The van der Waals surface area contributed by atoms with E-state index in [1.165, 1.54) is 6.07 Å². The Bertz CT molecular complexity index is 1260. The molecule has 0 radical (unpaired) electrons. The van der Waals surface area contributed by atoms with E-state index in [0.717, 1.165) is 37.1 Å². The molecule has 1 fully saturated rings. The number of carbonyl (C=O) groups is 1. The highest BCUT2D eigenvalue weighted by Crippen LogP contribution is 2.31. The highest BCUT2D eigenvalue weighted by Gasteiger charge is 2.27. The minimum atomic E-state index is -4.12. The van der Waals surface area contributed by atoms with Crippen LogP contribution in [0, 0.1) is 11.7 Å². The summed E-state index contributed by atoms with van der Waals surface area (Å²) < 4.78 is 48.8. The zero-order chi connectivity index (χ0) is 24.1. The van der Waals surface area contributed by atoms with Crippen molar-refractivity contribution in [3.05, 3.63) is 84.2 Å². The van der Waals surface area contributed by atoms with Gasteiger partial charge in [-0.2, -0.15) is 8.42 Å². The molecule has 9 heteroatoms. The van der Waals surface area contributed by atoms with E-state index in [9.17, 15) is 17.6 Å². The van der Waals surface area contributed by atoms with Crippen molar-refractivity contribution in [1.29, 1.82) is 0 Å². The molecule has 0 bridgehead atoms. The molecule has 0 spiro atoms. The summed E-state index contributed by atoms with van der Waals surface area (Å²) in [7, 11) is -2.58. The first-order chi connectivity index (χ1) is 16.3. The number of halogens is 1. The average molecular weight is 485 g/mol. The summed E-state index contributed by atoms with van der Waals surface area (Å²) >= 11 is 0. The molecule has 3 aromatic rings. The highest BCUT2D eigenvalue weighted by molar-refractivity contribution is 7.87. The van der Waals surface area contributed by atoms with E-state index in [-0.39, 0.29) is 23.2 Å². The maximum atomic E-state index is 13.1. The summed E-state index contributed by atoms with van der Waals surface area (Å²) in [6.45, 7) is 0.852.